The Balaban J connectivity index is 2.24. The van der Waals surface area contributed by atoms with E-state index in [4.69, 9.17) is 15.2 Å². The monoisotopic (exact) mass is 284 g/mol. The Labute approximate surface area is 117 Å². The van der Waals surface area contributed by atoms with Gasteiger partial charge in [-0.25, -0.2) is 0 Å². The second-order valence-corrected chi connectivity index (χ2v) is 5.74. The Morgan fingerprint density at radius 2 is 2.16 bits per heavy atom. The number of anilines is 2. The molecule has 1 aliphatic rings. The van der Waals surface area contributed by atoms with E-state index in [1.54, 1.807) is 14.2 Å². The molecule has 0 aliphatic heterocycles. The average molecular weight is 284 g/mol. The second-order valence-electron chi connectivity index (χ2n) is 4.72. The topological polar surface area (TPSA) is 73.6 Å². The van der Waals surface area contributed by atoms with Gasteiger partial charge < -0.3 is 20.5 Å². The fraction of sp³-hybridized carbons (Fsp3) is 0.615. The van der Waals surface area contributed by atoms with Crippen LogP contribution >= 0.6 is 11.3 Å². The zero-order valence-electron chi connectivity index (χ0n) is 11.5. The van der Waals surface area contributed by atoms with Crippen LogP contribution in [0.25, 0.3) is 0 Å². The van der Waals surface area contributed by atoms with Gasteiger partial charge in [-0.1, -0.05) is 0 Å². The van der Waals surface area contributed by atoms with Crippen LogP contribution < -0.4 is 15.8 Å². The van der Waals surface area contributed by atoms with Gasteiger partial charge >= 0.3 is 0 Å². The largest absolute Gasteiger partial charge is 0.492 e. The molecule has 1 aliphatic carbocycles. The van der Waals surface area contributed by atoms with Crippen molar-refractivity contribution in [3.05, 3.63) is 4.88 Å². The third-order valence-electron chi connectivity index (χ3n) is 3.50. The summed E-state index contributed by atoms with van der Waals surface area (Å²) in [5.74, 6) is 0.528. The zero-order valence-corrected chi connectivity index (χ0v) is 12.3. The van der Waals surface area contributed by atoms with Crippen LogP contribution in [-0.2, 0) is 4.74 Å². The summed E-state index contributed by atoms with van der Waals surface area (Å²) in [6.07, 6.45) is 3.44. The fourth-order valence-corrected chi connectivity index (χ4v) is 3.58. The van der Waals surface area contributed by atoms with Crippen molar-refractivity contribution in [2.75, 3.05) is 25.3 Å². The number of nitrogens with two attached hydrogens (primary N) is 1. The summed E-state index contributed by atoms with van der Waals surface area (Å²) in [6, 6.07) is 0.247. The van der Waals surface area contributed by atoms with Crippen LogP contribution in [0.3, 0.4) is 0 Å². The predicted octanol–water partition coefficient (Wildman–Crippen LogP) is 2.52. The molecule has 0 bridgehead atoms. The Morgan fingerprint density at radius 1 is 1.42 bits per heavy atom. The number of methoxy groups -OCH3 is 2. The Morgan fingerprint density at radius 3 is 2.74 bits per heavy atom. The molecule has 1 aromatic heterocycles. The van der Waals surface area contributed by atoms with Crippen molar-refractivity contribution in [2.45, 2.75) is 38.3 Å². The molecule has 6 heteroatoms. The molecule has 2 unspecified atom stereocenters. The standard InChI is InChI=1S/C13H20N2O3S/c1-7(16)12-10(14)11(18-3)13(19-12)15-8-5-4-6-9(8)17-2/h8-9,15H,4-6,14H2,1-3H3. The summed E-state index contributed by atoms with van der Waals surface area (Å²) in [6.45, 7) is 1.51. The number of thiophene rings is 1. The molecule has 1 fully saturated rings. The first-order chi connectivity index (χ1) is 9.08. The van der Waals surface area contributed by atoms with Crippen LogP contribution in [0, 0.1) is 0 Å². The van der Waals surface area contributed by atoms with Gasteiger partial charge in [0, 0.05) is 14.0 Å². The molecular formula is C13H20N2O3S. The number of hydrogen-bond donors (Lipinski definition) is 2. The summed E-state index contributed by atoms with van der Waals surface area (Å²) in [7, 11) is 3.29. The summed E-state index contributed by atoms with van der Waals surface area (Å²) in [5.41, 5.74) is 6.38. The first-order valence-electron chi connectivity index (χ1n) is 6.35. The van der Waals surface area contributed by atoms with Crippen molar-refractivity contribution < 1.29 is 14.3 Å². The van der Waals surface area contributed by atoms with Gasteiger partial charge in [0.25, 0.3) is 0 Å². The molecule has 3 N–H and O–H groups in total. The number of carbonyl (C=O) groups is 1. The normalized spacial score (nSPS) is 22.5. The molecule has 0 amide bonds. The minimum atomic E-state index is -0.0384. The molecule has 0 aromatic carbocycles. The number of nitrogen functional groups attached to an aromatic ring is 1. The van der Waals surface area contributed by atoms with Crippen LogP contribution in [0.15, 0.2) is 0 Å². The third-order valence-corrected chi connectivity index (χ3v) is 4.71. The minimum Gasteiger partial charge on any atom is -0.492 e. The average Bonchev–Trinajstić information content (AvgIpc) is 2.94. The summed E-state index contributed by atoms with van der Waals surface area (Å²) < 4.78 is 10.8. The van der Waals surface area contributed by atoms with E-state index in [1.165, 1.54) is 18.3 Å². The Kier molecular flexibility index (Phi) is 4.31. The lowest BCUT2D eigenvalue weighted by atomic mass is 10.2. The molecule has 0 saturated heterocycles. The van der Waals surface area contributed by atoms with E-state index in [9.17, 15) is 4.79 Å². The molecule has 19 heavy (non-hydrogen) atoms. The van der Waals surface area contributed by atoms with Crippen LogP contribution in [-0.4, -0.2) is 32.1 Å². The number of hydrogen-bond acceptors (Lipinski definition) is 6. The van der Waals surface area contributed by atoms with Gasteiger partial charge in [0.1, 0.15) is 5.00 Å². The number of ketones is 1. The van der Waals surface area contributed by atoms with E-state index >= 15 is 0 Å². The molecule has 5 nitrogen and oxygen atoms in total. The zero-order chi connectivity index (χ0) is 14.0. The van der Waals surface area contributed by atoms with Gasteiger partial charge in [0.05, 0.1) is 29.8 Å². The highest BCUT2D eigenvalue weighted by Crippen LogP contribution is 2.43. The Hall–Kier alpha value is -1.27. The van der Waals surface area contributed by atoms with E-state index in [2.05, 4.69) is 5.32 Å². The van der Waals surface area contributed by atoms with E-state index in [0.717, 1.165) is 24.3 Å². The number of rotatable bonds is 5. The van der Waals surface area contributed by atoms with Gasteiger partial charge in [-0.05, 0) is 19.3 Å². The fourth-order valence-electron chi connectivity index (χ4n) is 2.53. The molecule has 1 heterocycles. The molecule has 0 radical (unpaired) electrons. The maximum absolute atomic E-state index is 11.5. The molecule has 106 valence electrons. The van der Waals surface area contributed by atoms with Crippen LogP contribution in [0.2, 0.25) is 0 Å². The number of nitrogens with one attached hydrogen (secondary N) is 1. The van der Waals surface area contributed by atoms with Crippen molar-refractivity contribution in [3.63, 3.8) is 0 Å². The van der Waals surface area contributed by atoms with Crippen molar-refractivity contribution >= 4 is 27.8 Å². The smallest absolute Gasteiger partial charge is 0.176 e. The third kappa shape index (κ3) is 2.69. The maximum atomic E-state index is 11.5. The predicted molar refractivity (Wildman–Crippen MR) is 77.3 cm³/mol. The summed E-state index contributed by atoms with van der Waals surface area (Å²) >= 11 is 1.35. The highest BCUT2D eigenvalue weighted by Gasteiger charge is 2.29. The lowest BCUT2D eigenvalue weighted by molar-refractivity contribution is 0.101. The molecular weight excluding hydrogens is 264 g/mol. The van der Waals surface area contributed by atoms with Crippen LogP contribution in [0.5, 0.6) is 5.75 Å². The highest BCUT2D eigenvalue weighted by atomic mass is 32.1. The van der Waals surface area contributed by atoms with E-state index in [-0.39, 0.29) is 17.9 Å². The highest BCUT2D eigenvalue weighted by molar-refractivity contribution is 7.19. The van der Waals surface area contributed by atoms with Gasteiger partial charge in [-0.2, -0.15) is 0 Å². The quantitative estimate of drug-likeness (QED) is 0.813. The molecule has 1 aromatic rings. The van der Waals surface area contributed by atoms with Crippen molar-refractivity contribution in [1.29, 1.82) is 0 Å². The summed E-state index contributed by atoms with van der Waals surface area (Å²) in [5, 5.41) is 4.23. The van der Waals surface area contributed by atoms with Crippen molar-refractivity contribution in [2.24, 2.45) is 0 Å². The van der Waals surface area contributed by atoms with Crippen LogP contribution in [0.4, 0.5) is 10.7 Å². The SMILES string of the molecule is COc1c(NC2CCCC2OC)sc(C(C)=O)c1N. The van der Waals surface area contributed by atoms with Gasteiger partial charge in [-0.3, -0.25) is 4.79 Å². The number of Topliss-reactive ketones (excluding diaryl/α,β-unsaturated/α-hetero) is 1. The van der Waals surface area contributed by atoms with Gasteiger partial charge in [-0.15, -0.1) is 11.3 Å². The maximum Gasteiger partial charge on any atom is 0.176 e. The lowest BCUT2D eigenvalue weighted by Gasteiger charge is -2.20. The van der Waals surface area contributed by atoms with Gasteiger partial charge in [0.2, 0.25) is 0 Å². The van der Waals surface area contributed by atoms with Crippen molar-refractivity contribution in [1.82, 2.24) is 0 Å². The second kappa shape index (κ2) is 5.79. The minimum absolute atomic E-state index is 0.0384. The number of carbonyl (C=O) groups excluding carboxylic acids is 1. The van der Waals surface area contributed by atoms with Crippen LogP contribution in [0.1, 0.15) is 35.9 Å². The summed E-state index contributed by atoms with van der Waals surface area (Å²) in [4.78, 5) is 12.1. The molecule has 2 atom stereocenters. The van der Waals surface area contributed by atoms with E-state index in [1.807, 2.05) is 0 Å². The first-order valence-corrected chi connectivity index (χ1v) is 7.16. The lowest BCUT2D eigenvalue weighted by Crippen LogP contribution is -2.29. The first kappa shape index (κ1) is 14.1. The van der Waals surface area contributed by atoms with E-state index in [0.29, 0.717) is 16.3 Å². The van der Waals surface area contributed by atoms with E-state index < -0.39 is 0 Å². The molecule has 1 saturated carbocycles. The Bertz CT molecular complexity index is 473. The molecule has 2 rings (SSSR count). The van der Waals surface area contributed by atoms with Crippen molar-refractivity contribution in [3.8, 4) is 5.75 Å². The van der Waals surface area contributed by atoms with Gasteiger partial charge in [0.15, 0.2) is 11.5 Å². The number of ether oxygens (including phenoxy) is 2. The molecule has 0 spiro atoms.